The number of hydrogen-bond donors (Lipinski definition) is 1. The van der Waals surface area contributed by atoms with E-state index < -0.39 is 0 Å². The van der Waals surface area contributed by atoms with Gasteiger partial charge in [0.2, 0.25) is 0 Å². The summed E-state index contributed by atoms with van der Waals surface area (Å²) in [7, 11) is 0. The Morgan fingerprint density at radius 3 is 3.05 bits per heavy atom. The van der Waals surface area contributed by atoms with Gasteiger partial charge in [0.15, 0.2) is 6.61 Å². The summed E-state index contributed by atoms with van der Waals surface area (Å²) in [6, 6.07) is 9.59. The second kappa shape index (κ2) is 5.46. The number of pyridine rings is 1. The fourth-order valence-electron chi connectivity index (χ4n) is 2.44. The molecule has 2 N–H and O–H groups in total. The molecule has 1 aliphatic heterocycles. The Morgan fingerprint density at radius 2 is 2.25 bits per heavy atom. The van der Waals surface area contributed by atoms with Gasteiger partial charge in [-0.05, 0) is 24.6 Å². The number of ether oxygens (including phenoxy) is 1. The largest absolute Gasteiger partial charge is 0.483 e. The maximum absolute atomic E-state index is 12.0. The van der Waals surface area contributed by atoms with Crippen molar-refractivity contribution in [1.82, 2.24) is 9.88 Å². The zero-order valence-electron chi connectivity index (χ0n) is 11.2. The van der Waals surface area contributed by atoms with E-state index in [2.05, 4.69) is 4.98 Å². The van der Waals surface area contributed by atoms with E-state index in [0.717, 1.165) is 23.9 Å². The Balaban J connectivity index is 1.69. The first-order valence-corrected chi connectivity index (χ1v) is 6.74. The van der Waals surface area contributed by atoms with Gasteiger partial charge >= 0.3 is 0 Å². The molecule has 0 unspecified atom stereocenters. The molecular weight excluding hydrogens is 254 g/mol. The van der Waals surface area contributed by atoms with Gasteiger partial charge in [-0.3, -0.25) is 9.78 Å². The molecule has 0 aliphatic carbocycles. The fraction of sp³-hybridized carbons (Fsp3) is 0.333. The van der Waals surface area contributed by atoms with Gasteiger partial charge in [0.1, 0.15) is 5.75 Å². The standard InChI is InChI=1S/C15H17N3O2/c16-11-6-8-18(9-11)15(19)10-20-14-5-7-17-13-4-2-1-3-12(13)14/h1-5,7,11H,6,8-10,16H2/t11-/m0/s1. The summed E-state index contributed by atoms with van der Waals surface area (Å²) in [4.78, 5) is 18.1. The monoisotopic (exact) mass is 271 g/mol. The Kier molecular flexibility index (Phi) is 3.52. The minimum Gasteiger partial charge on any atom is -0.483 e. The van der Waals surface area contributed by atoms with Gasteiger partial charge in [0.05, 0.1) is 5.52 Å². The number of amides is 1. The lowest BCUT2D eigenvalue weighted by atomic mass is 10.2. The number of fused-ring (bicyclic) bond motifs is 1. The molecule has 1 aromatic carbocycles. The Hall–Kier alpha value is -2.14. The van der Waals surface area contributed by atoms with Crippen LogP contribution in [0.1, 0.15) is 6.42 Å². The molecule has 0 bridgehead atoms. The predicted molar refractivity (Wildman–Crippen MR) is 76.4 cm³/mol. The molecule has 1 fully saturated rings. The van der Waals surface area contributed by atoms with Crippen LogP contribution in [0.5, 0.6) is 5.75 Å². The summed E-state index contributed by atoms with van der Waals surface area (Å²) in [5.41, 5.74) is 6.66. The molecule has 0 saturated carbocycles. The molecule has 1 aliphatic rings. The third-order valence-electron chi connectivity index (χ3n) is 3.54. The number of aromatic nitrogens is 1. The van der Waals surface area contributed by atoms with Crippen LogP contribution in [0, 0.1) is 0 Å². The normalized spacial score (nSPS) is 18.4. The highest BCUT2D eigenvalue weighted by molar-refractivity contribution is 5.85. The molecule has 5 heteroatoms. The third-order valence-corrected chi connectivity index (χ3v) is 3.54. The molecule has 3 rings (SSSR count). The average molecular weight is 271 g/mol. The number of likely N-dealkylation sites (tertiary alicyclic amines) is 1. The maximum Gasteiger partial charge on any atom is 0.260 e. The topological polar surface area (TPSA) is 68.5 Å². The summed E-state index contributed by atoms with van der Waals surface area (Å²) in [5, 5.41) is 0.918. The van der Waals surface area contributed by atoms with E-state index in [1.165, 1.54) is 0 Å². The SMILES string of the molecule is N[C@H]1CCN(C(=O)COc2ccnc3ccccc23)C1. The van der Waals surface area contributed by atoms with E-state index in [9.17, 15) is 4.79 Å². The first-order valence-electron chi connectivity index (χ1n) is 6.74. The van der Waals surface area contributed by atoms with Crippen molar-refractivity contribution in [3.8, 4) is 5.75 Å². The molecule has 1 atom stereocenters. The summed E-state index contributed by atoms with van der Waals surface area (Å²) >= 11 is 0. The molecule has 104 valence electrons. The lowest BCUT2D eigenvalue weighted by Gasteiger charge is -2.16. The van der Waals surface area contributed by atoms with Crippen molar-refractivity contribution in [2.75, 3.05) is 19.7 Å². The van der Waals surface area contributed by atoms with E-state index in [4.69, 9.17) is 10.5 Å². The lowest BCUT2D eigenvalue weighted by molar-refractivity contribution is -0.132. The molecular formula is C15H17N3O2. The number of hydrogen-bond acceptors (Lipinski definition) is 4. The summed E-state index contributed by atoms with van der Waals surface area (Å²) in [6.45, 7) is 1.39. The Bertz CT molecular complexity index is 624. The van der Waals surface area contributed by atoms with Crippen molar-refractivity contribution in [3.63, 3.8) is 0 Å². The second-order valence-electron chi connectivity index (χ2n) is 5.00. The number of rotatable bonds is 3. The van der Waals surface area contributed by atoms with Crippen LogP contribution in [-0.4, -0.2) is 41.5 Å². The highest BCUT2D eigenvalue weighted by Gasteiger charge is 2.23. The average Bonchev–Trinajstić information content (AvgIpc) is 2.91. The molecule has 1 saturated heterocycles. The van der Waals surface area contributed by atoms with Crippen molar-refractivity contribution in [2.45, 2.75) is 12.5 Å². The van der Waals surface area contributed by atoms with Crippen LogP contribution >= 0.6 is 0 Å². The van der Waals surface area contributed by atoms with Gasteiger partial charge in [-0.15, -0.1) is 0 Å². The van der Waals surface area contributed by atoms with Crippen molar-refractivity contribution in [3.05, 3.63) is 36.5 Å². The van der Waals surface area contributed by atoms with E-state index in [1.54, 1.807) is 17.2 Å². The number of nitrogens with zero attached hydrogens (tertiary/aromatic N) is 2. The van der Waals surface area contributed by atoms with E-state index in [-0.39, 0.29) is 18.6 Å². The van der Waals surface area contributed by atoms with Crippen LogP contribution in [0.25, 0.3) is 10.9 Å². The number of para-hydroxylation sites is 1. The number of nitrogens with two attached hydrogens (primary N) is 1. The van der Waals surface area contributed by atoms with E-state index >= 15 is 0 Å². The summed E-state index contributed by atoms with van der Waals surface area (Å²) < 4.78 is 5.66. The first kappa shape index (κ1) is 12.9. The van der Waals surface area contributed by atoms with Crippen molar-refractivity contribution in [2.24, 2.45) is 5.73 Å². The highest BCUT2D eigenvalue weighted by Crippen LogP contribution is 2.23. The van der Waals surface area contributed by atoms with Gasteiger partial charge in [0, 0.05) is 30.7 Å². The summed E-state index contributed by atoms with van der Waals surface area (Å²) in [5.74, 6) is 0.672. The smallest absolute Gasteiger partial charge is 0.260 e. The predicted octanol–water partition coefficient (Wildman–Crippen LogP) is 1.17. The zero-order valence-corrected chi connectivity index (χ0v) is 11.2. The molecule has 1 aromatic heterocycles. The molecule has 2 heterocycles. The van der Waals surface area contributed by atoms with Crippen LogP contribution in [-0.2, 0) is 4.79 Å². The lowest BCUT2D eigenvalue weighted by Crippen LogP contribution is -2.35. The van der Waals surface area contributed by atoms with Gasteiger partial charge < -0.3 is 15.4 Å². The Morgan fingerprint density at radius 1 is 1.40 bits per heavy atom. The van der Waals surface area contributed by atoms with E-state index in [1.807, 2.05) is 24.3 Å². The highest BCUT2D eigenvalue weighted by atomic mass is 16.5. The quantitative estimate of drug-likeness (QED) is 0.910. The van der Waals surface area contributed by atoms with Crippen LogP contribution in [0.2, 0.25) is 0 Å². The minimum atomic E-state index is -0.0150. The first-order chi connectivity index (χ1) is 9.74. The molecule has 0 radical (unpaired) electrons. The van der Waals surface area contributed by atoms with Gasteiger partial charge in [-0.25, -0.2) is 0 Å². The number of benzene rings is 1. The van der Waals surface area contributed by atoms with Crippen LogP contribution in [0.3, 0.4) is 0 Å². The molecule has 0 spiro atoms. The number of carbonyl (C=O) groups is 1. The van der Waals surface area contributed by atoms with E-state index in [0.29, 0.717) is 12.3 Å². The van der Waals surface area contributed by atoms with Crippen LogP contribution < -0.4 is 10.5 Å². The van der Waals surface area contributed by atoms with Crippen molar-refractivity contribution in [1.29, 1.82) is 0 Å². The van der Waals surface area contributed by atoms with Crippen LogP contribution in [0.4, 0.5) is 0 Å². The number of carbonyl (C=O) groups excluding carboxylic acids is 1. The molecule has 1 amide bonds. The maximum atomic E-state index is 12.0. The van der Waals surface area contributed by atoms with Crippen molar-refractivity contribution >= 4 is 16.8 Å². The minimum absolute atomic E-state index is 0.0150. The molecule has 2 aromatic rings. The fourth-order valence-corrected chi connectivity index (χ4v) is 2.44. The van der Waals surface area contributed by atoms with Gasteiger partial charge in [-0.1, -0.05) is 12.1 Å². The third kappa shape index (κ3) is 2.58. The van der Waals surface area contributed by atoms with Gasteiger partial charge in [-0.2, -0.15) is 0 Å². The molecule has 5 nitrogen and oxygen atoms in total. The molecule has 20 heavy (non-hydrogen) atoms. The second-order valence-corrected chi connectivity index (χ2v) is 5.00. The van der Waals surface area contributed by atoms with Gasteiger partial charge in [0.25, 0.3) is 5.91 Å². The van der Waals surface area contributed by atoms with Crippen LogP contribution in [0.15, 0.2) is 36.5 Å². The zero-order chi connectivity index (χ0) is 13.9. The summed E-state index contributed by atoms with van der Waals surface area (Å²) in [6.07, 6.45) is 2.55. The van der Waals surface area contributed by atoms with Crippen molar-refractivity contribution < 1.29 is 9.53 Å². The Labute approximate surface area is 117 Å².